The minimum absolute atomic E-state index is 0.115. The van der Waals surface area contributed by atoms with Crippen LogP contribution in [0.3, 0.4) is 0 Å². The molecule has 1 unspecified atom stereocenters. The molecule has 0 aliphatic rings. The van der Waals surface area contributed by atoms with Crippen molar-refractivity contribution in [3.05, 3.63) is 52.1 Å². The average Bonchev–Trinajstić information content (AvgIpc) is 3.25. The quantitative estimate of drug-likeness (QED) is 0.740. The molecule has 0 spiro atoms. The van der Waals surface area contributed by atoms with Crippen LogP contribution in [0.25, 0.3) is 10.7 Å². The van der Waals surface area contributed by atoms with E-state index >= 15 is 0 Å². The van der Waals surface area contributed by atoms with Gasteiger partial charge in [0.1, 0.15) is 22.0 Å². The molecule has 118 valence electrons. The molecule has 1 amide bonds. The van der Waals surface area contributed by atoms with E-state index in [0.717, 1.165) is 4.88 Å². The minimum atomic E-state index is -1.10. The first-order valence-electron chi connectivity index (χ1n) is 6.83. The van der Waals surface area contributed by atoms with Crippen LogP contribution in [0, 0.1) is 0 Å². The highest BCUT2D eigenvalue weighted by Crippen LogP contribution is 2.25. The lowest BCUT2D eigenvalue weighted by Gasteiger charge is -2.21. The number of carbonyl (C=O) groups is 1. The van der Waals surface area contributed by atoms with Crippen molar-refractivity contribution in [2.45, 2.75) is 12.5 Å². The second-order valence-electron chi connectivity index (χ2n) is 5.06. The maximum atomic E-state index is 12.2. The monoisotopic (exact) mass is 346 g/mol. The predicted octanol–water partition coefficient (Wildman–Crippen LogP) is 2.30. The van der Waals surface area contributed by atoms with Gasteiger partial charge in [-0.3, -0.25) is 14.8 Å². The van der Waals surface area contributed by atoms with Gasteiger partial charge in [0.05, 0.1) is 12.7 Å². The van der Waals surface area contributed by atoms with E-state index in [2.05, 4.69) is 20.3 Å². The van der Waals surface area contributed by atoms with Crippen LogP contribution in [0.5, 0.6) is 0 Å². The van der Waals surface area contributed by atoms with Crippen molar-refractivity contribution in [2.75, 3.05) is 6.54 Å². The summed E-state index contributed by atoms with van der Waals surface area (Å²) in [5.74, 6) is -0.326. The topological polar surface area (TPSA) is 88.0 Å². The average molecular weight is 346 g/mol. The Balaban J connectivity index is 1.66. The van der Waals surface area contributed by atoms with E-state index < -0.39 is 5.60 Å². The molecule has 0 aliphatic carbocycles. The molecule has 0 bridgehead atoms. The summed E-state index contributed by atoms with van der Waals surface area (Å²) in [6.45, 7) is 1.79. The van der Waals surface area contributed by atoms with Gasteiger partial charge in [-0.25, -0.2) is 4.98 Å². The van der Waals surface area contributed by atoms with Gasteiger partial charge in [-0.1, -0.05) is 6.07 Å². The Morgan fingerprint density at radius 2 is 2.26 bits per heavy atom. The van der Waals surface area contributed by atoms with Crippen LogP contribution in [-0.4, -0.2) is 32.5 Å². The Kier molecular flexibility index (Phi) is 4.46. The molecule has 3 aromatic heterocycles. The standard InChI is InChI=1S/C15H14N4O2S2/c1-15(21,12-3-2-6-22-12)9-18-13(20)11-8-23-14(19-11)10-7-16-4-5-17-10/h2-8,21H,9H2,1H3,(H,18,20). The van der Waals surface area contributed by atoms with Crippen molar-refractivity contribution in [1.82, 2.24) is 20.3 Å². The van der Waals surface area contributed by atoms with Gasteiger partial charge < -0.3 is 10.4 Å². The Hall–Kier alpha value is -2.16. The van der Waals surface area contributed by atoms with Crippen molar-refractivity contribution in [3.8, 4) is 10.7 Å². The molecule has 0 radical (unpaired) electrons. The molecular weight excluding hydrogens is 332 g/mol. The van der Waals surface area contributed by atoms with E-state index in [4.69, 9.17) is 0 Å². The van der Waals surface area contributed by atoms with E-state index in [9.17, 15) is 9.90 Å². The zero-order valence-corrected chi connectivity index (χ0v) is 13.9. The third-order valence-electron chi connectivity index (χ3n) is 3.16. The van der Waals surface area contributed by atoms with E-state index in [0.29, 0.717) is 16.4 Å². The highest BCUT2D eigenvalue weighted by molar-refractivity contribution is 7.13. The molecule has 0 fully saturated rings. The summed E-state index contributed by atoms with van der Waals surface area (Å²) in [5, 5.41) is 17.3. The van der Waals surface area contributed by atoms with Crippen molar-refractivity contribution in [2.24, 2.45) is 0 Å². The summed E-state index contributed by atoms with van der Waals surface area (Å²) in [7, 11) is 0. The SMILES string of the molecule is CC(O)(CNC(=O)c1csc(-c2cnccn2)n1)c1cccs1. The maximum Gasteiger partial charge on any atom is 0.270 e. The van der Waals surface area contributed by atoms with E-state index in [1.54, 1.807) is 30.9 Å². The number of hydrogen-bond donors (Lipinski definition) is 2. The zero-order chi connectivity index (χ0) is 16.3. The lowest BCUT2D eigenvalue weighted by atomic mass is 10.1. The molecule has 8 heteroatoms. The highest BCUT2D eigenvalue weighted by atomic mass is 32.1. The normalized spacial score (nSPS) is 13.5. The molecule has 3 rings (SSSR count). The van der Waals surface area contributed by atoms with Crippen molar-refractivity contribution in [3.63, 3.8) is 0 Å². The summed E-state index contributed by atoms with van der Waals surface area (Å²) in [5.41, 5.74) is -0.173. The second-order valence-corrected chi connectivity index (χ2v) is 6.87. The van der Waals surface area contributed by atoms with Crippen molar-refractivity contribution >= 4 is 28.6 Å². The summed E-state index contributed by atoms with van der Waals surface area (Å²) in [6, 6.07) is 3.70. The molecule has 1 atom stereocenters. The number of thiophene rings is 1. The second kappa shape index (κ2) is 6.53. The number of thiazole rings is 1. The van der Waals surface area contributed by atoms with Crippen LogP contribution in [0.1, 0.15) is 22.3 Å². The Morgan fingerprint density at radius 1 is 1.39 bits per heavy atom. The van der Waals surface area contributed by atoms with Gasteiger partial charge in [-0.15, -0.1) is 22.7 Å². The molecule has 0 saturated heterocycles. The molecule has 3 aromatic rings. The summed E-state index contributed by atoms with van der Waals surface area (Å²) >= 11 is 2.78. The number of rotatable bonds is 5. The van der Waals surface area contributed by atoms with Gasteiger partial charge in [0.2, 0.25) is 0 Å². The molecule has 2 N–H and O–H groups in total. The Bertz CT molecular complexity index is 785. The van der Waals surface area contributed by atoms with Gasteiger partial charge in [0.25, 0.3) is 5.91 Å². The zero-order valence-electron chi connectivity index (χ0n) is 12.3. The first kappa shape index (κ1) is 15.7. The fraction of sp³-hybridized carbons (Fsp3) is 0.200. The first-order chi connectivity index (χ1) is 11.1. The maximum absolute atomic E-state index is 12.2. The Morgan fingerprint density at radius 3 is 2.96 bits per heavy atom. The third kappa shape index (κ3) is 3.61. The lowest BCUT2D eigenvalue weighted by molar-refractivity contribution is 0.0555. The summed E-state index contributed by atoms with van der Waals surface area (Å²) in [6.07, 6.45) is 4.76. The Labute approximate surface area is 140 Å². The number of aliphatic hydroxyl groups is 1. The summed E-state index contributed by atoms with van der Waals surface area (Å²) < 4.78 is 0. The number of carbonyl (C=O) groups excluding carboxylic acids is 1. The largest absolute Gasteiger partial charge is 0.383 e. The molecule has 0 saturated carbocycles. The van der Waals surface area contributed by atoms with Crippen LogP contribution in [0.4, 0.5) is 0 Å². The lowest BCUT2D eigenvalue weighted by Crippen LogP contribution is -2.38. The van der Waals surface area contributed by atoms with Crippen molar-refractivity contribution in [1.29, 1.82) is 0 Å². The minimum Gasteiger partial charge on any atom is -0.383 e. The van der Waals surface area contributed by atoms with Gasteiger partial charge in [0.15, 0.2) is 0 Å². The molecule has 0 aliphatic heterocycles. The van der Waals surface area contributed by atoms with E-state index in [-0.39, 0.29) is 12.5 Å². The van der Waals surface area contributed by atoms with Gasteiger partial charge in [-0.05, 0) is 18.4 Å². The highest BCUT2D eigenvalue weighted by Gasteiger charge is 2.25. The third-order valence-corrected chi connectivity index (χ3v) is 5.15. The number of aromatic nitrogens is 3. The van der Waals surface area contributed by atoms with E-state index in [1.165, 1.54) is 22.7 Å². The number of amides is 1. The van der Waals surface area contributed by atoms with Crippen molar-refractivity contribution < 1.29 is 9.90 Å². The fourth-order valence-electron chi connectivity index (χ4n) is 1.92. The number of hydrogen-bond acceptors (Lipinski definition) is 7. The molecule has 3 heterocycles. The van der Waals surface area contributed by atoms with Crippen LogP contribution in [0.15, 0.2) is 41.5 Å². The van der Waals surface area contributed by atoms with E-state index in [1.807, 2.05) is 17.5 Å². The number of nitrogens with one attached hydrogen (secondary N) is 1. The van der Waals surface area contributed by atoms with Gasteiger partial charge >= 0.3 is 0 Å². The molecule has 23 heavy (non-hydrogen) atoms. The fourth-order valence-corrected chi connectivity index (χ4v) is 3.47. The first-order valence-corrected chi connectivity index (χ1v) is 8.59. The summed E-state index contributed by atoms with van der Waals surface area (Å²) in [4.78, 5) is 25.4. The van der Waals surface area contributed by atoms with Crippen LogP contribution >= 0.6 is 22.7 Å². The van der Waals surface area contributed by atoms with Crippen LogP contribution in [0.2, 0.25) is 0 Å². The van der Waals surface area contributed by atoms with Crippen LogP contribution < -0.4 is 5.32 Å². The van der Waals surface area contributed by atoms with Gasteiger partial charge in [0, 0.05) is 22.7 Å². The smallest absolute Gasteiger partial charge is 0.270 e. The number of nitrogens with zero attached hydrogens (tertiary/aromatic N) is 3. The molecular formula is C15H14N4O2S2. The molecule has 0 aromatic carbocycles. The van der Waals surface area contributed by atoms with Gasteiger partial charge in [-0.2, -0.15) is 0 Å². The van der Waals surface area contributed by atoms with Crippen LogP contribution in [-0.2, 0) is 5.60 Å². The molecule has 6 nitrogen and oxygen atoms in total. The predicted molar refractivity (Wildman–Crippen MR) is 89.4 cm³/mol.